The summed E-state index contributed by atoms with van der Waals surface area (Å²) in [4.78, 5) is 41.5. The molecule has 38 heavy (non-hydrogen) atoms. The zero-order valence-electron chi connectivity index (χ0n) is 21.4. The standard InChI is InChI=1S/C26H32N4O6S.ClH/c1-36-25(33)27-22(20-6-4-3-5-7-20)12-15-29-16-13-26(14-17-29)23(31)30(24(32)28-26)18-19-8-10-21(11-9-19)37(2,34)35;/h3-11,22H,12-18H2,1-2H3,(H,27,33)(H,28,32);1H/t22-;/m0./s1. The molecule has 0 aromatic heterocycles. The summed E-state index contributed by atoms with van der Waals surface area (Å²) in [5.74, 6) is -0.251. The third-order valence-corrected chi connectivity index (χ3v) is 8.19. The summed E-state index contributed by atoms with van der Waals surface area (Å²) in [7, 11) is -1.99. The van der Waals surface area contributed by atoms with E-state index in [1.54, 1.807) is 12.1 Å². The smallest absolute Gasteiger partial charge is 0.407 e. The molecule has 10 nitrogen and oxygen atoms in total. The number of benzene rings is 2. The van der Waals surface area contributed by atoms with Gasteiger partial charge in [0.2, 0.25) is 0 Å². The number of alkyl carbamates (subject to hydrolysis) is 1. The maximum Gasteiger partial charge on any atom is 0.407 e. The molecule has 12 heteroatoms. The van der Waals surface area contributed by atoms with Crippen LogP contribution in [-0.2, 0) is 25.9 Å². The van der Waals surface area contributed by atoms with Gasteiger partial charge in [-0.2, -0.15) is 0 Å². The number of amides is 4. The molecule has 4 amide bonds. The number of methoxy groups -OCH3 is 1. The van der Waals surface area contributed by atoms with Crippen molar-refractivity contribution in [1.29, 1.82) is 0 Å². The Morgan fingerprint density at radius 1 is 1.08 bits per heavy atom. The van der Waals surface area contributed by atoms with Crippen LogP contribution < -0.4 is 10.6 Å². The van der Waals surface area contributed by atoms with Crippen LogP contribution in [0.5, 0.6) is 0 Å². The maximum absolute atomic E-state index is 13.3. The molecule has 0 saturated carbocycles. The number of imide groups is 1. The van der Waals surface area contributed by atoms with E-state index in [1.165, 1.54) is 24.1 Å². The number of hydrogen-bond acceptors (Lipinski definition) is 7. The van der Waals surface area contributed by atoms with Crippen LogP contribution in [0.2, 0.25) is 0 Å². The first kappa shape index (κ1) is 29.4. The molecule has 206 valence electrons. The minimum Gasteiger partial charge on any atom is -0.453 e. The van der Waals surface area contributed by atoms with E-state index in [1.807, 2.05) is 30.3 Å². The lowest BCUT2D eigenvalue weighted by atomic mass is 9.87. The summed E-state index contributed by atoms with van der Waals surface area (Å²) < 4.78 is 28.1. The molecule has 0 bridgehead atoms. The number of carbonyl (C=O) groups excluding carboxylic acids is 3. The number of nitrogens with one attached hydrogen (secondary N) is 2. The second-order valence-electron chi connectivity index (χ2n) is 9.55. The van der Waals surface area contributed by atoms with Gasteiger partial charge in [0.1, 0.15) is 5.54 Å². The largest absolute Gasteiger partial charge is 0.453 e. The van der Waals surface area contributed by atoms with Crippen molar-refractivity contribution in [2.45, 2.75) is 42.3 Å². The van der Waals surface area contributed by atoms with E-state index >= 15 is 0 Å². The predicted octanol–water partition coefficient (Wildman–Crippen LogP) is 2.89. The number of carbonyl (C=O) groups is 3. The van der Waals surface area contributed by atoms with Crippen molar-refractivity contribution in [1.82, 2.24) is 20.4 Å². The van der Waals surface area contributed by atoms with E-state index in [0.29, 0.717) is 44.5 Å². The van der Waals surface area contributed by atoms with Crippen molar-refractivity contribution < 1.29 is 27.5 Å². The molecular formula is C26H33ClN4O6S. The molecule has 0 radical (unpaired) electrons. The van der Waals surface area contributed by atoms with Gasteiger partial charge in [-0.15, -0.1) is 12.4 Å². The molecule has 2 aliphatic rings. The van der Waals surface area contributed by atoms with Crippen molar-refractivity contribution >= 4 is 40.3 Å². The molecule has 1 spiro atoms. The molecule has 2 saturated heterocycles. The lowest BCUT2D eigenvalue weighted by Gasteiger charge is -2.37. The van der Waals surface area contributed by atoms with Crippen LogP contribution in [0, 0.1) is 0 Å². The highest BCUT2D eigenvalue weighted by Gasteiger charge is 2.52. The second-order valence-corrected chi connectivity index (χ2v) is 11.6. The monoisotopic (exact) mass is 564 g/mol. The van der Waals surface area contributed by atoms with Gasteiger partial charge in [-0.3, -0.25) is 9.69 Å². The Morgan fingerprint density at radius 2 is 1.71 bits per heavy atom. The molecule has 2 aromatic carbocycles. The van der Waals surface area contributed by atoms with Crippen molar-refractivity contribution in [2.75, 3.05) is 33.0 Å². The summed E-state index contributed by atoms with van der Waals surface area (Å²) >= 11 is 0. The van der Waals surface area contributed by atoms with E-state index in [9.17, 15) is 22.8 Å². The minimum absolute atomic E-state index is 0. The Labute approximate surface area is 229 Å². The number of likely N-dealkylation sites (tertiary alicyclic amines) is 1. The summed E-state index contributed by atoms with van der Waals surface area (Å²) in [6.07, 6.45) is 2.29. The molecule has 1 atom stereocenters. The zero-order chi connectivity index (χ0) is 26.6. The van der Waals surface area contributed by atoms with E-state index in [-0.39, 0.29) is 35.8 Å². The van der Waals surface area contributed by atoms with Crippen LogP contribution in [0.15, 0.2) is 59.5 Å². The van der Waals surface area contributed by atoms with E-state index in [4.69, 9.17) is 4.74 Å². The fraction of sp³-hybridized carbons (Fsp3) is 0.423. The number of urea groups is 1. The fourth-order valence-corrected chi connectivity index (χ4v) is 5.49. The van der Waals surface area contributed by atoms with Gasteiger partial charge in [-0.1, -0.05) is 42.5 Å². The molecule has 2 heterocycles. The van der Waals surface area contributed by atoms with Gasteiger partial charge in [0.15, 0.2) is 9.84 Å². The molecular weight excluding hydrogens is 532 g/mol. The van der Waals surface area contributed by atoms with Gasteiger partial charge >= 0.3 is 12.1 Å². The first-order chi connectivity index (χ1) is 17.6. The molecule has 2 fully saturated rings. The Bertz CT molecular complexity index is 1250. The average Bonchev–Trinajstić information content (AvgIpc) is 3.11. The number of halogens is 1. The number of ether oxygens (including phenoxy) is 1. The van der Waals surface area contributed by atoms with Crippen molar-refractivity contribution in [2.24, 2.45) is 0 Å². The summed E-state index contributed by atoms with van der Waals surface area (Å²) in [6, 6.07) is 15.3. The van der Waals surface area contributed by atoms with Crippen LogP contribution in [0.25, 0.3) is 0 Å². The number of hydrogen-bond donors (Lipinski definition) is 2. The third kappa shape index (κ3) is 6.64. The summed E-state index contributed by atoms with van der Waals surface area (Å²) in [6.45, 7) is 2.04. The number of sulfone groups is 1. The second kappa shape index (κ2) is 12.1. The fourth-order valence-electron chi connectivity index (χ4n) is 4.86. The van der Waals surface area contributed by atoms with Crippen LogP contribution in [-0.4, -0.2) is 74.8 Å². The van der Waals surface area contributed by atoms with Crippen molar-refractivity contribution in [3.63, 3.8) is 0 Å². The summed E-state index contributed by atoms with van der Waals surface area (Å²) in [5.41, 5.74) is 0.735. The summed E-state index contributed by atoms with van der Waals surface area (Å²) in [5, 5.41) is 5.80. The van der Waals surface area contributed by atoms with Gasteiger partial charge in [-0.25, -0.2) is 18.0 Å². The Morgan fingerprint density at radius 3 is 2.29 bits per heavy atom. The van der Waals surface area contributed by atoms with Gasteiger partial charge in [0.05, 0.1) is 24.6 Å². The zero-order valence-corrected chi connectivity index (χ0v) is 23.0. The van der Waals surface area contributed by atoms with Gasteiger partial charge in [0, 0.05) is 25.9 Å². The highest BCUT2D eigenvalue weighted by molar-refractivity contribution is 7.90. The van der Waals surface area contributed by atoms with Crippen LogP contribution in [0.3, 0.4) is 0 Å². The highest BCUT2D eigenvalue weighted by atomic mass is 35.5. The average molecular weight is 565 g/mol. The molecule has 0 unspecified atom stereocenters. The van der Waals surface area contributed by atoms with Crippen LogP contribution in [0.4, 0.5) is 9.59 Å². The van der Waals surface area contributed by atoms with E-state index in [2.05, 4.69) is 15.5 Å². The van der Waals surface area contributed by atoms with Crippen molar-refractivity contribution in [3.05, 3.63) is 65.7 Å². The first-order valence-corrected chi connectivity index (χ1v) is 14.1. The SMILES string of the molecule is COC(=O)N[C@@H](CCN1CCC2(CC1)NC(=O)N(Cc1ccc(S(C)(=O)=O)cc1)C2=O)c1ccccc1.Cl. The lowest BCUT2D eigenvalue weighted by Crippen LogP contribution is -2.55. The maximum atomic E-state index is 13.3. The lowest BCUT2D eigenvalue weighted by molar-refractivity contribution is -0.133. The Kier molecular flexibility index (Phi) is 9.40. The topological polar surface area (TPSA) is 125 Å². The molecule has 4 rings (SSSR count). The third-order valence-electron chi connectivity index (χ3n) is 7.06. The predicted molar refractivity (Wildman–Crippen MR) is 144 cm³/mol. The van der Waals surface area contributed by atoms with Gasteiger partial charge < -0.3 is 20.3 Å². The number of piperidine rings is 1. The number of nitrogens with zero attached hydrogens (tertiary/aromatic N) is 2. The van der Waals surface area contributed by atoms with E-state index in [0.717, 1.165) is 11.8 Å². The van der Waals surface area contributed by atoms with Gasteiger partial charge in [-0.05, 0) is 42.5 Å². The van der Waals surface area contributed by atoms with Crippen LogP contribution >= 0.6 is 12.4 Å². The normalized spacial score (nSPS) is 18.0. The molecule has 2 aliphatic heterocycles. The Hall–Kier alpha value is -3.15. The Balaban J connectivity index is 0.00000400. The van der Waals surface area contributed by atoms with Gasteiger partial charge in [0.25, 0.3) is 5.91 Å². The quantitative estimate of drug-likeness (QED) is 0.472. The highest BCUT2D eigenvalue weighted by Crippen LogP contribution is 2.31. The molecule has 2 aromatic rings. The molecule has 0 aliphatic carbocycles. The number of rotatable bonds is 8. The minimum atomic E-state index is -3.32. The van der Waals surface area contributed by atoms with E-state index < -0.39 is 27.5 Å². The van der Waals surface area contributed by atoms with Crippen molar-refractivity contribution in [3.8, 4) is 0 Å². The first-order valence-electron chi connectivity index (χ1n) is 12.2. The molecule has 2 N–H and O–H groups in total. The van der Waals surface area contributed by atoms with Crippen LogP contribution in [0.1, 0.15) is 36.4 Å².